The van der Waals surface area contributed by atoms with Gasteiger partial charge >= 0.3 is 0 Å². The molecule has 0 radical (unpaired) electrons. The summed E-state index contributed by atoms with van der Waals surface area (Å²) in [5.74, 6) is 1.13. The molecule has 3 atom stereocenters. The predicted molar refractivity (Wildman–Crippen MR) is 101 cm³/mol. The van der Waals surface area contributed by atoms with Gasteiger partial charge in [-0.05, 0) is 65.1 Å². The van der Waals surface area contributed by atoms with Gasteiger partial charge in [-0.25, -0.2) is 0 Å². The topological polar surface area (TPSA) is 36.0 Å². The lowest BCUT2D eigenvalue weighted by atomic mass is 9.92. The van der Waals surface area contributed by atoms with E-state index in [2.05, 4.69) is 30.2 Å². The minimum Gasteiger partial charge on any atom is -0.373 e. The molecule has 3 fully saturated rings. The lowest BCUT2D eigenvalue weighted by molar-refractivity contribution is -0.132. The number of nitrogens with zero attached hydrogens (tertiary/aromatic N) is 3. The molecule has 0 saturated carbocycles. The highest BCUT2D eigenvalue weighted by Crippen LogP contribution is 2.26. The van der Waals surface area contributed by atoms with Crippen LogP contribution in [0.15, 0.2) is 12.7 Å². The van der Waals surface area contributed by atoms with E-state index >= 15 is 0 Å². The molecule has 0 aromatic heterocycles. The molecular weight excluding hydrogens is 314 g/mol. The van der Waals surface area contributed by atoms with Crippen LogP contribution in [0, 0.1) is 5.92 Å². The molecule has 0 aromatic rings. The van der Waals surface area contributed by atoms with E-state index in [-0.39, 0.29) is 6.04 Å². The molecule has 3 heterocycles. The molecule has 5 heteroatoms. The highest BCUT2D eigenvalue weighted by Gasteiger charge is 2.36. The number of amides is 1. The number of carbonyl (C=O) groups is 1. The first-order valence-electron chi connectivity index (χ1n) is 10.1. The van der Waals surface area contributed by atoms with Gasteiger partial charge in [0.05, 0.1) is 18.2 Å². The molecule has 0 unspecified atom stereocenters. The van der Waals surface area contributed by atoms with E-state index < -0.39 is 0 Å². The third-order valence-electron chi connectivity index (χ3n) is 6.06. The summed E-state index contributed by atoms with van der Waals surface area (Å²) in [6, 6.07) is 0.127. The number of ether oxygens (including phenoxy) is 1. The van der Waals surface area contributed by atoms with Crippen LogP contribution in [0.25, 0.3) is 0 Å². The van der Waals surface area contributed by atoms with Gasteiger partial charge in [0.1, 0.15) is 0 Å². The smallest absolute Gasteiger partial charge is 0.240 e. The van der Waals surface area contributed by atoms with Crippen molar-refractivity contribution in [2.75, 3.05) is 45.8 Å². The Morgan fingerprint density at radius 3 is 2.44 bits per heavy atom. The van der Waals surface area contributed by atoms with E-state index in [1.165, 1.54) is 25.8 Å². The van der Waals surface area contributed by atoms with Crippen molar-refractivity contribution in [3.63, 3.8) is 0 Å². The fraction of sp³-hybridized carbons (Fsp3) is 0.850. The first-order valence-corrected chi connectivity index (χ1v) is 10.1. The maximum absolute atomic E-state index is 12.5. The van der Waals surface area contributed by atoms with E-state index in [0.29, 0.717) is 24.7 Å². The van der Waals surface area contributed by atoms with Gasteiger partial charge < -0.3 is 9.64 Å². The van der Waals surface area contributed by atoms with Crippen LogP contribution >= 0.6 is 0 Å². The van der Waals surface area contributed by atoms with Crippen molar-refractivity contribution in [1.82, 2.24) is 14.7 Å². The summed E-state index contributed by atoms with van der Waals surface area (Å²) in [5.41, 5.74) is 0. The number of hydrogen-bond donors (Lipinski definition) is 0. The maximum atomic E-state index is 12.5. The van der Waals surface area contributed by atoms with Crippen LogP contribution in [0.3, 0.4) is 0 Å². The van der Waals surface area contributed by atoms with E-state index in [9.17, 15) is 4.79 Å². The Bertz CT molecular complexity index is 452. The van der Waals surface area contributed by atoms with Gasteiger partial charge in [0.15, 0.2) is 0 Å². The molecule has 142 valence electrons. The molecule has 3 aliphatic heterocycles. The van der Waals surface area contributed by atoms with Gasteiger partial charge in [0.25, 0.3) is 0 Å². The zero-order chi connectivity index (χ0) is 17.8. The minimum atomic E-state index is 0.127. The number of morpholine rings is 1. The molecular formula is C20H35N3O2. The van der Waals surface area contributed by atoms with E-state index in [4.69, 9.17) is 4.74 Å². The Morgan fingerprint density at radius 2 is 1.80 bits per heavy atom. The molecule has 0 aliphatic carbocycles. The van der Waals surface area contributed by atoms with Crippen molar-refractivity contribution in [3.05, 3.63) is 12.7 Å². The van der Waals surface area contributed by atoms with Crippen molar-refractivity contribution in [3.8, 4) is 0 Å². The van der Waals surface area contributed by atoms with Crippen molar-refractivity contribution >= 4 is 5.91 Å². The largest absolute Gasteiger partial charge is 0.373 e. The Labute approximate surface area is 153 Å². The average Bonchev–Trinajstić information content (AvgIpc) is 2.94. The van der Waals surface area contributed by atoms with Gasteiger partial charge in [-0.15, -0.1) is 6.58 Å². The van der Waals surface area contributed by atoms with Crippen LogP contribution in [-0.2, 0) is 9.53 Å². The van der Waals surface area contributed by atoms with Crippen LogP contribution in [0.5, 0.6) is 0 Å². The number of hydrogen-bond acceptors (Lipinski definition) is 4. The van der Waals surface area contributed by atoms with E-state index in [0.717, 1.165) is 45.1 Å². The Balaban J connectivity index is 1.39. The minimum absolute atomic E-state index is 0.127. The number of piperidine rings is 1. The fourth-order valence-electron chi connectivity index (χ4n) is 4.78. The van der Waals surface area contributed by atoms with Gasteiger partial charge in [-0.3, -0.25) is 14.6 Å². The van der Waals surface area contributed by atoms with Crippen LogP contribution < -0.4 is 0 Å². The third-order valence-corrected chi connectivity index (χ3v) is 6.06. The highest BCUT2D eigenvalue weighted by atomic mass is 16.5. The average molecular weight is 350 g/mol. The number of rotatable bonds is 6. The van der Waals surface area contributed by atoms with Crippen LogP contribution in [0.4, 0.5) is 0 Å². The normalized spacial score (nSPS) is 33.1. The maximum Gasteiger partial charge on any atom is 0.240 e. The summed E-state index contributed by atoms with van der Waals surface area (Å²) in [4.78, 5) is 19.4. The predicted octanol–water partition coefficient (Wildman–Crippen LogP) is 1.98. The van der Waals surface area contributed by atoms with Crippen molar-refractivity contribution in [2.45, 2.75) is 57.8 Å². The summed E-state index contributed by atoms with van der Waals surface area (Å²) in [6.07, 6.45) is 7.30. The van der Waals surface area contributed by atoms with E-state index in [1.807, 2.05) is 11.0 Å². The second-order valence-electron chi connectivity index (χ2n) is 8.16. The number of likely N-dealkylation sites (tertiary alicyclic amines) is 2. The summed E-state index contributed by atoms with van der Waals surface area (Å²) >= 11 is 0. The van der Waals surface area contributed by atoms with Gasteiger partial charge in [0, 0.05) is 26.2 Å². The SMILES string of the molecule is C=CCN1CC[C@H](N2CCC(CCN3C[C@@H](C)O[C@@H](C)C3)CC2)C1=O. The first-order chi connectivity index (χ1) is 12.1. The Hall–Kier alpha value is -0.910. The summed E-state index contributed by atoms with van der Waals surface area (Å²) in [6.45, 7) is 15.2. The molecule has 3 rings (SSSR count). The molecule has 1 amide bonds. The molecule has 3 aliphatic rings. The molecule has 0 spiro atoms. The Morgan fingerprint density at radius 1 is 1.12 bits per heavy atom. The van der Waals surface area contributed by atoms with E-state index in [1.54, 1.807) is 0 Å². The highest BCUT2D eigenvalue weighted by molar-refractivity contribution is 5.84. The van der Waals surface area contributed by atoms with Gasteiger partial charge in [-0.1, -0.05) is 6.08 Å². The van der Waals surface area contributed by atoms with Crippen LogP contribution in [0.2, 0.25) is 0 Å². The lowest BCUT2D eigenvalue weighted by Crippen LogP contribution is -2.47. The second-order valence-corrected chi connectivity index (χ2v) is 8.16. The second kappa shape index (κ2) is 8.65. The number of carbonyl (C=O) groups excluding carboxylic acids is 1. The zero-order valence-corrected chi connectivity index (χ0v) is 16.0. The molecule has 5 nitrogen and oxygen atoms in total. The van der Waals surface area contributed by atoms with Crippen molar-refractivity contribution < 1.29 is 9.53 Å². The van der Waals surface area contributed by atoms with Gasteiger partial charge in [0.2, 0.25) is 5.91 Å². The summed E-state index contributed by atoms with van der Waals surface area (Å²) in [7, 11) is 0. The molecule has 0 aromatic carbocycles. The molecule has 25 heavy (non-hydrogen) atoms. The molecule has 3 saturated heterocycles. The standard InChI is InChI=1S/C20H35N3O2/c1-4-9-23-13-8-19(20(23)24)22-11-6-18(7-12-22)5-10-21-14-16(2)25-17(3)15-21/h4,16-19H,1,5-15H2,2-3H3/t16-,17+,19-/m0/s1. The van der Waals surface area contributed by atoms with Gasteiger partial charge in [-0.2, -0.15) is 0 Å². The fourth-order valence-corrected chi connectivity index (χ4v) is 4.78. The van der Waals surface area contributed by atoms with Crippen LogP contribution in [0.1, 0.15) is 39.5 Å². The lowest BCUT2D eigenvalue weighted by Gasteiger charge is -2.38. The molecule has 0 N–H and O–H groups in total. The first kappa shape index (κ1) is 18.9. The Kier molecular flexibility index (Phi) is 6.53. The van der Waals surface area contributed by atoms with Crippen LogP contribution in [-0.4, -0.2) is 84.7 Å². The summed E-state index contributed by atoms with van der Waals surface area (Å²) in [5, 5.41) is 0. The molecule has 0 bridgehead atoms. The quantitative estimate of drug-likeness (QED) is 0.687. The summed E-state index contributed by atoms with van der Waals surface area (Å²) < 4.78 is 5.82. The third kappa shape index (κ3) is 4.83. The van der Waals surface area contributed by atoms with Crippen molar-refractivity contribution in [2.24, 2.45) is 5.92 Å². The zero-order valence-electron chi connectivity index (χ0n) is 16.0. The monoisotopic (exact) mass is 349 g/mol. The van der Waals surface area contributed by atoms with Crippen molar-refractivity contribution in [1.29, 1.82) is 0 Å².